The lowest BCUT2D eigenvalue weighted by Gasteiger charge is -2.23. The Kier molecular flexibility index (Phi) is 10.5. The number of nitrogens with one attached hydrogen (secondary N) is 3. The maximum absolute atomic E-state index is 13.2. The summed E-state index contributed by atoms with van der Waals surface area (Å²) >= 11 is 0. The van der Waals surface area contributed by atoms with Gasteiger partial charge in [-0.15, -0.1) is 0 Å². The van der Waals surface area contributed by atoms with Crippen LogP contribution in [0.4, 0.5) is 4.79 Å². The standard InChI is InChI=1S/C29H34N4O6/c1-4-38-28(36)25(14-13-19(34)16-31-30)32-27(35)26(15-18(2)3)33-29(37)39-17-24-22-11-7-5-9-20(22)21-10-6-8-12-23(21)24/h5-12,16,18,24-26,30H,4,13-15,17H2,1-3H3,(H-,32,33,35,37)/p+1/t25-,26-/m0/s1. The summed E-state index contributed by atoms with van der Waals surface area (Å²) in [5, 5.41) is 5.25. The number of benzene rings is 2. The van der Waals surface area contributed by atoms with Crippen molar-refractivity contribution in [2.75, 3.05) is 13.2 Å². The number of rotatable bonds is 13. The van der Waals surface area contributed by atoms with Crippen molar-refractivity contribution in [3.63, 3.8) is 0 Å². The molecule has 2 atom stereocenters. The summed E-state index contributed by atoms with van der Waals surface area (Å²) < 4.78 is 10.6. The summed E-state index contributed by atoms with van der Waals surface area (Å²) in [4.78, 5) is 53.1. The van der Waals surface area contributed by atoms with Crippen LogP contribution in [0.3, 0.4) is 0 Å². The minimum atomic E-state index is -1.10. The van der Waals surface area contributed by atoms with E-state index in [1.165, 1.54) is 0 Å². The molecule has 1 aliphatic rings. The SMILES string of the molecule is CCOC(=O)[C@H](CCC(=O)C=[N+]=N)NC(=O)[C@H](CC(C)C)NC(=O)OCC1c2ccccc2-c2ccccc21. The number of hydrogen-bond donors (Lipinski definition) is 3. The van der Waals surface area contributed by atoms with E-state index in [1.54, 1.807) is 6.92 Å². The lowest BCUT2D eigenvalue weighted by Crippen LogP contribution is -2.52. The Bertz CT molecular complexity index is 1210. The summed E-state index contributed by atoms with van der Waals surface area (Å²) in [5.74, 6) is -1.81. The van der Waals surface area contributed by atoms with Gasteiger partial charge in [0.05, 0.1) is 16.9 Å². The summed E-state index contributed by atoms with van der Waals surface area (Å²) in [6, 6.07) is 13.9. The normalized spacial score (nSPS) is 13.3. The number of esters is 1. The third kappa shape index (κ3) is 7.85. The van der Waals surface area contributed by atoms with E-state index in [1.807, 2.05) is 62.4 Å². The maximum atomic E-state index is 13.2. The zero-order valence-electron chi connectivity index (χ0n) is 22.4. The van der Waals surface area contributed by atoms with Crippen LogP contribution in [0.15, 0.2) is 48.5 Å². The van der Waals surface area contributed by atoms with Crippen molar-refractivity contribution in [3.05, 3.63) is 59.7 Å². The number of Topliss-reactive ketones (excluding diaryl/α,β-unsaturated/α-hetero) is 1. The topological polar surface area (TPSA) is 149 Å². The summed E-state index contributed by atoms with van der Waals surface area (Å²) in [5.41, 5.74) is 11.1. The van der Waals surface area contributed by atoms with E-state index in [4.69, 9.17) is 15.0 Å². The van der Waals surface area contributed by atoms with Crippen LogP contribution in [-0.2, 0) is 23.9 Å². The van der Waals surface area contributed by atoms with Gasteiger partial charge >= 0.3 is 18.3 Å². The molecular weight excluding hydrogens is 500 g/mol. The van der Waals surface area contributed by atoms with Gasteiger partial charge in [-0.2, -0.15) is 0 Å². The summed E-state index contributed by atoms with van der Waals surface area (Å²) in [6.07, 6.45) is 0.253. The second-order valence-electron chi connectivity index (χ2n) is 9.73. The Labute approximate surface area is 227 Å². The Balaban J connectivity index is 1.67. The molecule has 2 aromatic rings. The quantitative estimate of drug-likeness (QED) is 0.154. The van der Waals surface area contributed by atoms with Gasteiger partial charge in [-0.05, 0) is 47.9 Å². The Morgan fingerprint density at radius 2 is 1.56 bits per heavy atom. The van der Waals surface area contributed by atoms with Crippen LogP contribution in [0.5, 0.6) is 0 Å². The van der Waals surface area contributed by atoms with E-state index in [-0.39, 0.29) is 37.9 Å². The predicted octanol–water partition coefficient (Wildman–Crippen LogP) is 3.65. The fraction of sp³-hybridized carbons (Fsp3) is 0.414. The molecule has 10 heteroatoms. The number of ether oxygens (including phenoxy) is 2. The molecule has 0 saturated carbocycles. The Hall–Kier alpha value is -4.30. The minimum absolute atomic E-state index is 0.0330. The van der Waals surface area contributed by atoms with Crippen LogP contribution >= 0.6 is 0 Å². The minimum Gasteiger partial charge on any atom is -0.464 e. The largest absolute Gasteiger partial charge is 0.464 e. The molecule has 0 aromatic heterocycles. The first-order chi connectivity index (χ1) is 18.7. The van der Waals surface area contributed by atoms with Crippen molar-refractivity contribution in [1.29, 1.82) is 5.53 Å². The van der Waals surface area contributed by atoms with Gasteiger partial charge in [0.1, 0.15) is 18.7 Å². The van der Waals surface area contributed by atoms with Gasteiger partial charge in [0, 0.05) is 12.3 Å². The smallest absolute Gasteiger partial charge is 0.407 e. The highest BCUT2D eigenvalue weighted by atomic mass is 16.5. The van der Waals surface area contributed by atoms with Gasteiger partial charge < -0.3 is 20.1 Å². The number of amides is 2. The molecule has 0 bridgehead atoms. The first kappa shape index (κ1) is 29.3. The first-order valence-electron chi connectivity index (χ1n) is 13.1. The van der Waals surface area contributed by atoms with Crippen molar-refractivity contribution in [2.45, 2.75) is 58.0 Å². The van der Waals surface area contributed by atoms with E-state index < -0.39 is 35.8 Å². The van der Waals surface area contributed by atoms with Crippen molar-refractivity contribution < 1.29 is 33.4 Å². The van der Waals surface area contributed by atoms with Crippen LogP contribution in [0, 0.1) is 11.4 Å². The number of ketones is 1. The van der Waals surface area contributed by atoms with Gasteiger partial charge in [-0.3, -0.25) is 9.59 Å². The fourth-order valence-corrected chi connectivity index (χ4v) is 4.67. The molecule has 206 valence electrons. The number of fused-ring (bicyclic) bond motifs is 3. The van der Waals surface area contributed by atoms with E-state index in [9.17, 15) is 19.2 Å². The molecule has 3 N–H and O–H groups in total. The number of carbonyl (C=O) groups excluding carboxylic acids is 4. The van der Waals surface area contributed by atoms with Crippen LogP contribution in [0.1, 0.15) is 57.1 Å². The van der Waals surface area contributed by atoms with Crippen LogP contribution in [-0.4, -0.2) is 60.1 Å². The van der Waals surface area contributed by atoms with Crippen molar-refractivity contribution in [1.82, 2.24) is 10.6 Å². The molecular formula is C29H35N4O6+. The van der Waals surface area contributed by atoms with Crippen LogP contribution < -0.4 is 10.6 Å². The Morgan fingerprint density at radius 3 is 2.13 bits per heavy atom. The van der Waals surface area contributed by atoms with Crippen LogP contribution in [0.2, 0.25) is 0 Å². The van der Waals surface area contributed by atoms with Gasteiger partial charge in [0.25, 0.3) is 0 Å². The molecule has 0 aliphatic heterocycles. The fourth-order valence-electron chi connectivity index (χ4n) is 4.67. The molecule has 0 unspecified atom stereocenters. The number of carbonyl (C=O) groups is 4. The summed E-state index contributed by atoms with van der Waals surface area (Å²) in [7, 11) is 0. The average molecular weight is 536 g/mol. The molecule has 0 heterocycles. The highest BCUT2D eigenvalue weighted by Gasteiger charge is 2.31. The third-order valence-electron chi connectivity index (χ3n) is 6.43. The number of alkyl carbamates (subject to hydrolysis) is 1. The monoisotopic (exact) mass is 535 g/mol. The summed E-state index contributed by atoms with van der Waals surface area (Å²) in [6.45, 7) is 5.64. The lowest BCUT2D eigenvalue weighted by atomic mass is 9.98. The van der Waals surface area contributed by atoms with Crippen molar-refractivity contribution in [2.24, 2.45) is 5.92 Å². The van der Waals surface area contributed by atoms with Crippen molar-refractivity contribution in [3.8, 4) is 11.1 Å². The van der Waals surface area contributed by atoms with E-state index in [0.29, 0.717) is 6.42 Å². The second kappa shape index (κ2) is 14.0. The van der Waals surface area contributed by atoms with Crippen molar-refractivity contribution >= 4 is 30.0 Å². The first-order valence-corrected chi connectivity index (χ1v) is 13.1. The molecule has 0 saturated heterocycles. The number of hydrogen-bond acceptors (Lipinski definition) is 7. The zero-order chi connectivity index (χ0) is 28.4. The molecule has 2 aromatic carbocycles. The molecule has 0 radical (unpaired) electrons. The maximum Gasteiger partial charge on any atom is 0.407 e. The van der Waals surface area contributed by atoms with Gasteiger partial charge in [0.15, 0.2) is 0 Å². The molecule has 0 fully saturated rings. The molecule has 39 heavy (non-hydrogen) atoms. The zero-order valence-corrected chi connectivity index (χ0v) is 22.4. The average Bonchev–Trinajstić information content (AvgIpc) is 3.23. The lowest BCUT2D eigenvalue weighted by molar-refractivity contribution is -0.148. The van der Waals surface area contributed by atoms with E-state index >= 15 is 0 Å². The van der Waals surface area contributed by atoms with Gasteiger partial charge in [-0.1, -0.05) is 62.4 Å². The highest BCUT2D eigenvalue weighted by Crippen LogP contribution is 2.44. The van der Waals surface area contributed by atoms with Gasteiger partial charge in [0.2, 0.25) is 11.7 Å². The van der Waals surface area contributed by atoms with E-state index in [2.05, 4.69) is 15.4 Å². The number of nitrogens with zero attached hydrogens (tertiary/aromatic N) is 1. The molecule has 10 nitrogen and oxygen atoms in total. The second-order valence-corrected chi connectivity index (χ2v) is 9.73. The highest BCUT2D eigenvalue weighted by molar-refractivity contribution is 6.25. The van der Waals surface area contributed by atoms with Crippen LogP contribution in [0.25, 0.3) is 11.1 Å². The Morgan fingerprint density at radius 1 is 0.949 bits per heavy atom. The third-order valence-corrected chi connectivity index (χ3v) is 6.43. The van der Waals surface area contributed by atoms with Gasteiger partial charge in [-0.25, -0.2) is 9.59 Å². The van der Waals surface area contributed by atoms with E-state index in [0.717, 1.165) is 28.5 Å². The molecule has 0 spiro atoms. The molecule has 1 aliphatic carbocycles. The molecule has 3 rings (SSSR count). The predicted molar refractivity (Wildman–Crippen MR) is 143 cm³/mol. The molecule has 2 amide bonds.